The predicted octanol–water partition coefficient (Wildman–Crippen LogP) is 2.20. The van der Waals surface area contributed by atoms with Gasteiger partial charge in [0.1, 0.15) is 5.82 Å². The van der Waals surface area contributed by atoms with E-state index in [1.54, 1.807) is 12.1 Å². The molecule has 0 heterocycles. The molecule has 14 heavy (non-hydrogen) atoms. The van der Waals surface area contributed by atoms with Gasteiger partial charge in [0, 0.05) is 22.6 Å². The van der Waals surface area contributed by atoms with E-state index < -0.39 is 0 Å². The molecule has 2 nitrogen and oxygen atoms in total. The van der Waals surface area contributed by atoms with Crippen LogP contribution in [0.3, 0.4) is 0 Å². The van der Waals surface area contributed by atoms with Crippen LogP contribution >= 0.6 is 15.9 Å². The van der Waals surface area contributed by atoms with Crippen molar-refractivity contribution in [3.63, 3.8) is 0 Å². The first kappa shape index (κ1) is 11.6. The van der Waals surface area contributed by atoms with E-state index in [1.807, 2.05) is 6.92 Å². The van der Waals surface area contributed by atoms with E-state index in [2.05, 4.69) is 21.2 Å². The standard InChI is InChI=1S/C10H14BrFN2/c1-2-14-6-10(13)8-5-7(11)3-4-9(8)12/h3-5,10,14H,2,6,13H2,1H3. The van der Waals surface area contributed by atoms with E-state index >= 15 is 0 Å². The zero-order chi connectivity index (χ0) is 10.6. The molecule has 1 unspecified atom stereocenters. The highest BCUT2D eigenvalue weighted by atomic mass is 79.9. The van der Waals surface area contributed by atoms with Gasteiger partial charge in [-0.1, -0.05) is 22.9 Å². The molecule has 1 aromatic carbocycles. The normalized spacial score (nSPS) is 12.9. The molecule has 0 aliphatic rings. The number of benzene rings is 1. The quantitative estimate of drug-likeness (QED) is 0.872. The number of nitrogens with one attached hydrogen (secondary N) is 1. The third-order valence-corrected chi connectivity index (χ3v) is 2.47. The molecule has 78 valence electrons. The topological polar surface area (TPSA) is 38.0 Å². The van der Waals surface area contributed by atoms with Crippen molar-refractivity contribution >= 4 is 15.9 Å². The van der Waals surface area contributed by atoms with Crippen LogP contribution in [-0.4, -0.2) is 13.1 Å². The van der Waals surface area contributed by atoms with E-state index in [0.29, 0.717) is 12.1 Å². The summed E-state index contributed by atoms with van der Waals surface area (Å²) < 4.78 is 14.2. The fourth-order valence-electron chi connectivity index (χ4n) is 1.21. The Balaban J connectivity index is 2.77. The van der Waals surface area contributed by atoms with E-state index in [4.69, 9.17) is 5.73 Å². The number of halogens is 2. The van der Waals surface area contributed by atoms with Crippen LogP contribution in [0.25, 0.3) is 0 Å². The van der Waals surface area contributed by atoms with E-state index in [1.165, 1.54) is 6.07 Å². The first-order valence-corrected chi connectivity index (χ1v) is 5.35. The van der Waals surface area contributed by atoms with Gasteiger partial charge in [0.15, 0.2) is 0 Å². The number of likely N-dealkylation sites (N-methyl/N-ethyl adjacent to an activating group) is 1. The smallest absolute Gasteiger partial charge is 0.128 e. The fourth-order valence-corrected chi connectivity index (χ4v) is 1.59. The van der Waals surface area contributed by atoms with Crippen molar-refractivity contribution in [2.45, 2.75) is 13.0 Å². The van der Waals surface area contributed by atoms with Crippen LogP contribution in [0.1, 0.15) is 18.5 Å². The SMILES string of the molecule is CCNCC(N)c1cc(Br)ccc1F. The summed E-state index contributed by atoms with van der Waals surface area (Å²) in [6.45, 7) is 3.41. The molecule has 0 spiro atoms. The largest absolute Gasteiger partial charge is 0.323 e. The molecule has 0 saturated carbocycles. The average molecular weight is 261 g/mol. The summed E-state index contributed by atoms with van der Waals surface area (Å²) in [7, 11) is 0. The highest BCUT2D eigenvalue weighted by Gasteiger charge is 2.10. The third kappa shape index (κ3) is 3.04. The lowest BCUT2D eigenvalue weighted by Gasteiger charge is -2.13. The lowest BCUT2D eigenvalue weighted by molar-refractivity contribution is 0.556. The zero-order valence-electron chi connectivity index (χ0n) is 8.06. The van der Waals surface area contributed by atoms with Crippen molar-refractivity contribution in [1.29, 1.82) is 0 Å². The van der Waals surface area contributed by atoms with Gasteiger partial charge < -0.3 is 11.1 Å². The summed E-state index contributed by atoms with van der Waals surface area (Å²) in [5.41, 5.74) is 6.37. The molecule has 0 aliphatic carbocycles. The molecule has 3 N–H and O–H groups in total. The van der Waals surface area contributed by atoms with Crippen LogP contribution in [0, 0.1) is 5.82 Å². The first-order chi connectivity index (χ1) is 6.65. The third-order valence-electron chi connectivity index (χ3n) is 1.97. The van der Waals surface area contributed by atoms with Gasteiger partial charge in [-0.25, -0.2) is 4.39 Å². The highest BCUT2D eigenvalue weighted by molar-refractivity contribution is 9.10. The minimum atomic E-state index is -0.299. The summed E-state index contributed by atoms with van der Waals surface area (Å²) in [4.78, 5) is 0. The molecule has 0 saturated heterocycles. The molecule has 0 radical (unpaired) electrons. The van der Waals surface area contributed by atoms with Crippen LogP contribution in [0.2, 0.25) is 0 Å². The second kappa shape index (κ2) is 5.44. The van der Waals surface area contributed by atoms with Gasteiger partial charge in [0.2, 0.25) is 0 Å². The van der Waals surface area contributed by atoms with Gasteiger partial charge in [-0.3, -0.25) is 0 Å². The van der Waals surface area contributed by atoms with Crippen LogP contribution in [0.5, 0.6) is 0 Å². The van der Waals surface area contributed by atoms with Crippen molar-refractivity contribution in [3.05, 3.63) is 34.1 Å². The Morgan fingerprint density at radius 2 is 2.29 bits per heavy atom. The van der Waals surface area contributed by atoms with Crippen molar-refractivity contribution in [2.24, 2.45) is 5.73 Å². The van der Waals surface area contributed by atoms with Crippen molar-refractivity contribution in [3.8, 4) is 0 Å². The van der Waals surface area contributed by atoms with Crippen LogP contribution in [0.4, 0.5) is 4.39 Å². The van der Waals surface area contributed by atoms with Crippen LogP contribution in [-0.2, 0) is 0 Å². The second-order valence-electron chi connectivity index (χ2n) is 3.08. The van der Waals surface area contributed by atoms with Crippen molar-refractivity contribution in [2.75, 3.05) is 13.1 Å². The van der Waals surface area contributed by atoms with Crippen molar-refractivity contribution < 1.29 is 4.39 Å². The highest BCUT2D eigenvalue weighted by Crippen LogP contribution is 2.19. The molecule has 0 aliphatic heterocycles. The molecule has 0 bridgehead atoms. The molecule has 1 atom stereocenters. The number of nitrogens with two attached hydrogens (primary N) is 1. The average Bonchev–Trinajstić information content (AvgIpc) is 2.18. The monoisotopic (exact) mass is 260 g/mol. The van der Waals surface area contributed by atoms with Gasteiger partial charge >= 0.3 is 0 Å². The molecular formula is C10H14BrFN2. The Morgan fingerprint density at radius 3 is 2.93 bits per heavy atom. The summed E-state index contributed by atoms with van der Waals surface area (Å²) in [5.74, 6) is -0.251. The van der Waals surface area contributed by atoms with E-state index in [0.717, 1.165) is 11.0 Å². The minimum Gasteiger partial charge on any atom is -0.323 e. The molecule has 1 rings (SSSR count). The predicted molar refractivity (Wildman–Crippen MR) is 59.6 cm³/mol. The van der Waals surface area contributed by atoms with Gasteiger partial charge in [-0.05, 0) is 24.7 Å². The Morgan fingerprint density at radius 1 is 1.57 bits per heavy atom. The van der Waals surface area contributed by atoms with E-state index in [-0.39, 0.29) is 11.9 Å². The number of hydrogen-bond acceptors (Lipinski definition) is 2. The summed E-state index contributed by atoms with van der Waals surface area (Å²) in [5, 5.41) is 3.09. The lowest BCUT2D eigenvalue weighted by atomic mass is 10.1. The molecule has 1 aromatic rings. The lowest BCUT2D eigenvalue weighted by Crippen LogP contribution is -2.27. The maximum absolute atomic E-state index is 13.3. The molecular weight excluding hydrogens is 247 g/mol. The number of hydrogen-bond donors (Lipinski definition) is 2. The first-order valence-electron chi connectivity index (χ1n) is 4.56. The Kier molecular flexibility index (Phi) is 4.51. The number of rotatable bonds is 4. The van der Waals surface area contributed by atoms with E-state index in [9.17, 15) is 4.39 Å². The zero-order valence-corrected chi connectivity index (χ0v) is 9.64. The maximum Gasteiger partial charge on any atom is 0.128 e. The molecule has 0 fully saturated rings. The molecule has 0 aromatic heterocycles. The van der Waals surface area contributed by atoms with Gasteiger partial charge in [0.05, 0.1) is 0 Å². The summed E-state index contributed by atoms with van der Waals surface area (Å²) in [6, 6.07) is 4.51. The summed E-state index contributed by atoms with van der Waals surface area (Å²) >= 11 is 3.29. The molecule has 4 heteroatoms. The van der Waals surface area contributed by atoms with Crippen LogP contribution < -0.4 is 11.1 Å². The van der Waals surface area contributed by atoms with Gasteiger partial charge in [-0.2, -0.15) is 0 Å². The van der Waals surface area contributed by atoms with Crippen LogP contribution in [0.15, 0.2) is 22.7 Å². The van der Waals surface area contributed by atoms with Gasteiger partial charge in [-0.15, -0.1) is 0 Å². The maximum atomic E-state index is 13.3. The Labute approximate surface area is 91.8 Å². The fraction of sp³-hybridized carbons (Fsp3) is 0.400. The minimum absolute atomic E-state index is 0.251. The van der Waals surface area contributed by atoms with Gasteiger partial charge in [0.25, 0.3) is 0 Å². The Bertz CT molecular complexity index is 304. The second-order valence-corrected chi connectivity index (χ2v) is 4.00. The summed E-state index contributed by atoms with van der Waals surface area (Å²) in [6.07, 6.45) is 0. The Hall–Kier alpha value is -0.450. The molecule has 0 amide bonds. The van der Waals surface area contributed by atoms with Crippen molar-refractivity contribution in [1.82, 2.24) is 5.32 Å².